The van der Waals surface area contributed by atoms with Crippen molar-refractivity contribution < 1.29 is 23.7 Å². The number of carbonyl (C=O) groups excluding carboxylic acids is 1. The Bertz CT molecular complexity index is 632. The largest absolute Gasteiger partial charge is 0.493 e. The monoisotopic (exact) mass is 296 g/mol. The lowest BCUT2D eigenvalue weighted by molar-refractivity contribution is 0.0532. The van der Waals surface area contributed by atoms with Gasteiger partial charge in [0, 0.05) is 16.2 Å². The quantitative estimate of drug-likeness (QED) is 0.794. The zero-order valence-electron chi connectivity index (χ0n) is 11.8. The Morgan fingerprint density at radius 1 is 1.10 bits per heavy atom. The van der Waals surface area contributed by atoms with Crippen molar-refractivity contribution in [2.24, 2.45) is 0 Å². The number of thiophene rings is 1. The Balaban J connectivity index is 2.64. The number of rotatable bonds is 5. The summed E-state index contributed by atoms with van der Waals surface area (Å²) in [6, 6.07) is 3.57. The normalized spacial score (nSPS) is 10.4. The van der Waals surface area contributed by atoms with E-state index in [2.05, 4.69) is 0 Å². The Morgan fingerprint density at radius 2 is 1.80 bits per heavy atom. The van der Waals surface area contributed by atoms with Crippen LogP contribution in [0.15, 0.2) is 12.1 Å². The Kier molecular flexibility index (Phi) is 4.34. The molecule has 0 bridgehead atoms. The second-order valence-corrected chi connectivity index (χ2v) is 4.97. The molecule has 0 spiro atoms. The number of carbonyl (C=O) groups is 1. The number of fused-ring (bicyclic) bond motifs is 1. The molecule has 20 heavy (non-hydrogen) atoms. The number of hydrogen-bond acceptors (Lipinski definition) is 6. The molecule has 1 heterocycles. The Morgan fingerprint density at radius 3 is 2.35 bits per heavy atom. The first-order valence-electron chi connectivity index (χ1n) is 6.05. The molecule has 5 nitrogen and oxygen atoms in total. The second kappa shape index (κ2) is 6.00. The third-order valence-electron chi connectivity index (χ3n) is 2.80. The standard InChI is InChI=1S/C14H16O5S/c1-5-19-14(15)11-6-8-10(20-11)7-9(16-2)13(18-4)12(8)17-3/h6-7H,5H2,1-4H3. The molecule has 0 fully saturated rings. The van der Waals surface area contributed by atoms with Crippen LogP contribution in [0.5, 0.6) is 17.2 Å². The molecule has 0 saturated heterocycles. The fourth-order valence-corrected chi connectivity index (χ4v) is 2.94. The van der Waals surface area contributed by atoms with Gasteiger partial charge >= 0.3 is 5.97 Å². The van der Waals surface area contributed by atoms with E-state index in [1.807, 2.05) is 6.07 Å². The zero-order chi connectivity index (χ0) is 14.7. The number of ether oxygens (including phenoxy) is 4. The lowest BCUT2D eigenvalue weighted by atomic mass is 10.2. The second-order valence-electron chi connectivity index (χ2n) is 3.89. The van der Waals surface area contributed by atoms with Gasteiger partial charge in [0.15, 0.2) is 11.5 Å². The van der Waals surface area contributed by atoms with Crippen molar-refractivity contribution in [3.63, 3.8) is 0 Å². The van der Waals surface area contributed by atoms with E-state index in [-0.39, 0.29) is 5.97 Å². The summed E-state index contributed by atoms with van der Waals surface area (Å²) in [7, 11) is 4.66. The summed E-state index contributed by atoms with van der Waals surface area (Å²) in [6.45, 7) is 2.12. The minimum Gasteiger partial charge on any atom is -0.493 e. The summed E-state index contributed by atoms with van der Waals surface area (Å²) in [5.74, 6) is 1.28. The number of benzene rings is 1. The summed E-state index contributed by atoms with van der Waals surface area (Å²) >= 11 is 1.33. The highest BCUT2D eigenvalue weighted by Crippen LogP contribution is 2.46. The van der Waals surface area contributed by atoms with Crippen LogP contribution in [0.1, 0.15) is 16.6 Å². The van der Waals surface area contributed by atoms with Crippen LogP contribution >= 0.6 is 11.3 Å². The topological polar surface area (TPSA) is 54.0 Å². The van der Waals surface area contributed by atoms with Crippen LogP contribution in [-0.4, -0.2) is 33.9 Å². The maximum Gasteiger partial charge on any atom is 0.348 e. The molecular formula is C14H16O5S. The fourth-order valence-electron chi connectivity index (χ4n) is 1.96. The van der Waals surface area contributed by atoms with E-state index in [1.165, 1.54) is 11.3 Å². The maximum absolute atomic E-state index is 11.8. The summed E-state index contributed by atoms with van der Waals surface area (Å²) in [5, 5.41) is 0.804. The molecule has 0 aliphatic carbocycles. The molecule has 108 valence electrons. The smallest absolute Gasteiger partial charge is 0.348 e. The van der Waals surface area contributed by atoms with Gasteiger partial charge in [0.25, 0.3) is 0 Å². The average molecular weight is 296 g/mol. The molecular weight excluding hydrogens is 280 g/mol. The highest BCUT2D eigenvalue weighted by atomic mass is 32.1. The molecule has 0 saturated carbocycles. The molecule has 0 aliphatic rings. The minimum absolute atomic E-state index is 0.339. The van der Waals surface area contributed by atoms with Gasteiger partial charge in [-0.05, 0) is 13.0 Å². The van der Waals surface area contributed by atoms with Crippen molar-refractivity contribution in [1.29, 1.82) is 0 Å². The van der Waals surface area contributed by atoms with Crippen molar-refractivity contribution in [3.8, 4) is 17.2 Å². The first kappa shape index (κ1) is 14.5. The fraction of sp³-hybridized carbons (Fsp3) is 0.357. The van der Waals surface area contributed by atoms with Crippen molar-refractivity contribution in [2.75, 3.05) is 27.9 Å². The van der Waals surface area contributed by atoms with Gasteiger partial charge in [-0.1, -0.05) is 0 Å². The van der Waals surface area contributed by atoms with Gasteiger partial charge in [-0.3, -0.25) is 0 Å². The van der Waals surface area contributed by atoms with Crippen LogP contribution in [0.3, 0.4) is 0 Å². The molecule has 2 aromatic rings. The molecule has 0 amide bonds. The van der Waals surface area contributed by atoms with Crippen molar-refractivity contribution in [3.05, 3.63) is 17.0 Å². The molecule has 0 radical (unpaired) electrons. The van der Waals surface area contributed by atoms with Gasteiger partial charge in [0.2, 0.25) is 5.75 Å². The van der Waals surface area contributed by atoms with Gasteiger partial charge in [0.1, 0.15) is 4.88 Å². The average Bonchev–Trinajstić information content (AvgIpc) is 2.88. The third kappa shape index (κ3) is 2.38. The van der Waals surface area contributed by atoms with Crippen molar-refractivity contribution >= 4 is 27.4 Å². The summed E-state index contributed by atoms with van der Waals surface area (Å²) in [5.41, 5.74) is 0. The van der Waals surface area contributed by atoms with E-state index in [4.69, 9.17) is 18.9 Å². The predicted octanol–water partition coefficient (Wildman–Crippen LogP) is 3.10. The van der Waals surface area contributed by atoms with E-state index in [9.17, 15) is 4.79 Å². The van der Waals surface area contributed by atoms with E-state index < -0.39 is 0 Å². The summed E-state index contributed by atoms with van der Waals surface area (Å²) in [4.78, 5) is 12.3. The van der Waals surface area contributed by atoms with E-state index in [1.54, 1.807) is 34.3 Å². The summed E-state index contributed by atoms with van der Waals surface area (Å²) < 4.78 is 21.9. The first-order valence-corrected chi connectivity index (χ1v) is 6.87. The highest BCUT2D eigenvalue weighted by Gasteiger charge is 2.20. The zero-order valence-corrected chi connectivity index (χ0v) is 12.6. The van der Waals surface area contributed by atoms with Gasteiger partial charge in [-0.15, -0.1) is 11.3 Å². The van der Waals surface area contributed by atoms with E-state index in [0.717, 1.165) is 10.1 Å². The third-order valence-corrected chi connectivity index (χ3v) is 3.86. The molecule has 0 N–H and O–H groups in total. The number of hydrogen-bond donors (Lipinski definition) is 0. The Hall–Kier alpha value is -1.95. The molecule has 1 aromatic carbocycles. The Labute approximate surface area is 121 Å². The minimum atomic E-state index is -0.339. The molecule has 0 atom stereocenters. The van der Waals surface area contributed by atoms with Crippen LogP contribution in [0.4, 0.5) is 0 Å². The van der Waals surface area contributed by atoms with Crippen LogP contribution in [-0.2, 0) is 4.74 Å². The lowest BCUT2D eigenvalue weighted by Crippen LogP contribution is -2.01. The number of esters is 1. The molecule has 2 rings (SSSR count). The van der Waals surface area contributed by atoms with E-state index >= 15 is 0 Å². The highest BCUT2D eigenvalue weighted by molar-refractivity contribution is 7.20. The maximum atomic E-state index is 11.8. The van der Waals surface area contributed by atoms with Gasteiger partial charge in [0.05, 0.1) is 27.9 Å². The number of methoxy groups -OCH3 is 3. The van der Waals surface area contributed by atoms with E-state index in [0.29, 0.717) is 28.7 Å². The lowest BCUT2D eigenvalue weighted by Gasteiger charge is -2.12. The molecule has 1 aromatic heterocycles. The molecule has 6 heteroatoms. The molecule has 0 unspecified atom stereocenters. The molecule has 0 aliphatic heterocycles. The van der Waals surface area contributed by atoms with Crippen LogP contribution in [0.25, 0.3) is 10.1 Å². The summed E-state index contributed by atoms with van der Waals surface area (Å²) in [6.07, 6.45) is 0. The first-order chi connectivity index (χ1) is 9.65. The predicted molar refractivity (Wildman–Crippen MR) is 77.4 cm³/mol. The van der Waals surface area contributed by atoms with Gasteiger partial charge in [-0.25, -0.2) is 4.79 Å². The SMILES string of the molecule is CCOC(=O)c1cc2c(OC)c(OC)c(OC)cc2s1. The van der Waals surface area contributed by atoms with Crippen LogP contribution in [0.2, 0.25) is 0 Å². The van der Waals surface area contributed by atoms with Crippen LogP contribution in [0, 0.1) is 0 Å². The van der Waals surface area contributed by atoms with Gasteiger partial charge < -0.3 is 18.9 Å². The van der Waals surface area contributed by atoms with Crippen LogP contribution < -0.4 is 14.2 Å². The van der Waals surface area contributed by atoms with Gasteiger partial charge in [-0.2, -0.15) is 0 Å². The van der Waals surface area contributed by atoms with Crippen molar-refractivity contribution in [2.45, 2.75) is 6.92 Å². The van der Waals surface area contributed by atoms with Crippen molar-refractivity contribution in [1.82, 2.24) is 0 Å².